The van der Waals surface area contributed by atoms with E-state index in [-0.39, 0.29) is 11.2 Å². The Kier molecular flexibility index (Phi) is 3.29. The minimum Gasteiger partial charge on any atom is -0.482 e. The van der Waals surface area contributed by atoms with Crippen LogP contribution in [-0.2, 0) is 19.1 Å². The molecular formula is C15H20O4. The first kappa shape index (κ1) is 13.8. The van der Waals surface area contributed by atoms with Gasteiger partial charge in [-0.2, -0.15) is 0 Å². The van der Waals surface area contributed by atoms with Crippen molar-refractivity contribution in [1.29, 1.82) is 0 Å². The standard InChI is InChI=1S/C15H20O4/c1-5-18-13(17)7-11-6-12-14(2,3)8-10(16)9-15(12,4)19-11/h6-7H,5,8-9H2,1-4H3/b11-7+/t15-/m0/s1. The van der Waals surface area contributed by atoms with Gasteiger partial charge < -0.3 is 9.47 Å². The molecule has 0 aromatic rings. The molecule has 4 nitrogen and oxygen atoms in total. The zero-order valence-electron chi connectivity index (χ0n) is 11.9. The van der Waals surface area contributed by atoms with E-state index < -0.39 is 11.6 Å². The molecule has 0 saturated heterocycles. The van der Waals surface area contributed by atoms with E-state index >= 15 is 0 Å². The van der Waals surface area contributed by atoms with E-state index in [1.54, 1.807) is 6.92 Å². The molecule has 104 valence electrons. The average Bonchev–Trinajstić information content (AvgIpc) is 2.54. The van der Waals surface area contributed by atoms with Crippen molar-refractivity contribution in [2.45, 2.75) is 46.1 Å². The van der Waals surface area contributed by atoms with Crippen molar-refractivity contribution < 1.29 is 19.1 Å². The van der Waals surface area contributed by atoms with E-state index in [1.807, 2.05) is 26.8 Å². The lowest BCUT2D eigenvalue weighted by atomic mass is 9.66. The van der Waals surface area contributed by atoms with Gasteiger partial charge in [0.25, 0.3) is 0 Å². The molecule has 1 fully saturated rings. The number of hydrogen-bond acceptors (Lipinski definition) is 4. The number of carbonyl (C=O) groups is 2. The van der Waals surface area contributed by atoms with E-state index in [9.17, 15) is 9.59 Å². The SMILES string of the molecule is CCOC(=O)/C=C1\C=C2C(C)(C)CC(=O)C[C@]2(C)O1. The van der Waals surface area contributed by atoms with Gasteiger partial charge in [0.2, 0.25) is 0 Å². The lowest BCUT2D eigenvalue weighted by Gasteiger charge is -2.40. The predicted octanol–water partition coefficient (Wildman–Crippen LogP) is 2.54. The zero-order valence-corrected chi connectivity index (χ0v) is 11.9. The molecule has 0 bridgehead atoms. The van der Waals surface area contributed by atoms with Crippen LogP contribution in [0.1, 0.15) is 40.5 Å². The highest BCUT2D eigenvalue weighted by atomic mass is 16.5. The second-order valence-electron chi connectivity index (χ2n) is 5.97. The van der Waals surface area contributed by atoms with Crippen LogP contribution in [-0.4, -0.2) is 24.0 Å². The summed E-state index contributed by atoms with van der Waals surface area (Å²) in [6.45, 7) is 8.06. The Morgan fingerprint density at radius 2 is 2.11 bits per heavy atom. The summed E-state index contributed by atoms with van der Waals surface area (Å²) in [6, 6.07) is 0. The van der Waals surface area contributed by atoms with Gasteiger partial charge in [0.1, 0.15) is 17.1 Å². The summed E-state index contributed by atoms with van der Waals surface area (Å²) >= 11 is 0. The quantitative estimate of drug-likeness (QED) is 0.568. The summed E-state index contributed by atoms with van der Waals surface area (Å²) in [5, 5.41) is 0. The van der Waals surface area contributed by atoms with Gasteiger partial charge >= 0.3 is 5.97 Å². The molecule has 1 atom stereocenters. The van der Waals surface area contributed by atoms with Gasteiger partial charge in [-0.05, 0) is 30.9 Å². The Labute approximate surface area is 113 Å². The van der Waals surface area contributed by atoms with Crippen LogP contribution in [0.15, 0.2) is 23.5 Å². The van der Waals surface area contributed by atoms with E-state index in [1.165, 1.54) is 6.08 Å². The number of ether oxygens (including phenoxy) is 2. The second-order valence-corrected chi connectivity index (χ2v) is 5.97. The smallest absolute Gasteiger partial charge is 0.334 e. The van der Waals surface area contributed by atoms with E-state index in [4.69, 9.17) is 9.47 Å². The Hall–Kier alpha value is -1.58. The highest BCUT2D eigenvalue weighted by molar-refractivity contribution is 5.85. The van der Waals surface area contributed by atoms with Crippen LogP contribution in [0.5, 0.6) is 0 Å². The van der Waals surface area contributed by atoms with Crippen molar-refractivity contribution >= 4 is 11.8 Å². The van der Waals surface area contributed by atoms with Gasteiger partial charge in [-0.15, -0.1) is 0 Å². The van der Waals surface area contributed by atoms with Crippen LogP contribution in [0.3, 0.4) is 0 Å². The number of fused-ring (bicyclic) bond motifs is 1. The molecule has 1 heterocycles. The maximum Gasteiger partial charge on any atom is 0.334 e. The number of esters is 1. The Morgan fingerprint density at radius 1 is 1.42 bits per heavy atom. The molecule has 4 heteroatoms. The Bertz CT molecular complexity index is 484. The summed E-state index contributed by atoms with van der Waals surface area (Å²) in [5.41, 5.74) is 0.237. The van der Waals surface area contributed by atoms with Gasteiger partial charge in [0.15, 0.2) is 0 Å². The highest BCUT2D eigenvalue weighted by Crippen LogP contribution is 2.50. The molecule has 0 spiro atoms. The first-order valence-electron chi connectivity index (χ1n) is 6.59. The lowest BCUT2D eigenvalue weighted by Crippen LogP contribution is -2.42. The summed E-state index contributed by atoms with van der Waals surface area (Å²) in [5.74, 6) is 0.265. The third-order valence-corrected chi connectivity index (χ3v) is 3.65. The fourth-order valence-corrected chi connectivity index (χ4v) is 3.08. The van der Waals surface area contributed by atoms with Crippen LogP contribution < -0.4 is 0 Å². The normalized spacial score (nSPS) is 30.6. The molecule has 1 aliphatic heterocycles. The summed E-state index contributed by atoms with van der Waals surface area (Å²) in [6.07, 6.45) is 4.11. The monoisotopic (exact) mass is 264 g/mol. The Balaban J connectivity index is 2.31. The van der Waals surface area contributed by atoms with Crippen molar-refractivity contribution in [1.82, 2.24) is 0 Å². The summed E-state index contributed by atoms with van der Waals surface area (Å²) in [7, 11) is 0. The van der Waals surface area contributed by atoms with Crippen molar-refractivity contribution in [2.24, 2.45) is 5.41 Å². The maximum absolute atomic E-state index is 11.8. The predicted molar refractivity (Wildman–Crippen MR) is 70.3 cm³/mol. The van der Waals surface area contributed by atoms with Crippen LogP contribution in [0.2, 0.25) is 0 Å². The molecule has 0 aromatic carbocycles. The molecule has 19 heavy (non-hydrogen) atoms. The van der Waals surface area contributed by atoms with E-state index in [2.05, 4.69) is 0 Å². The van der Waals surface area contributed by atoms with Crippen LogP contribution in [0.4, 0.5) is 0 Å². The van der Waals surface area contributed by atoms with Crippen molar-refractivity contribution in [3.63, 3.8) is 0 Å². The fraction of sp³-hybridized carbons (Fsp3) is 0.600. The van der Waals surface area contributed by atoms with Gasteiger partial charge in [0.05, 0.1) is 12.7 Å². The third kappa shape index (κ3) is 2.57. The number of hydrogen-bond donors (Lipinski definition) is 0. The molecule has 0 radical (unpaired) electrons. The van der Waals surface area contributed by atoms with Crippen molar-refractivity contribution in [3.05, 3.63) is 23.5 Å². The molecule has 2 aliphatic rings. The summed E-state index contributed by atoms with van der Waals surface area (Å²) in [4.78, 5) is 23.3. The molecular weight excluding hydrogens is 244 g/mol. The molecule has 1 saturated carbocycles. The molecule has 0 unspecified atom stereocenters. The number of ketones is 1. The zero-order chi connectivity index (χ0) is 14.3. The van der Waals surface area contributed by atoms with Gasteiger partial charge in [-0.25, -0.2) is 4.79 Å². The average molecular weight is 264 g/mol. The van der Waals surface area contributed by atoms with Crippen molar-refractivity contribution in [3.8, 4) is 0 Å². The highest BCUT2D eigenvalue weighted by Gasteiger charge is 2.50. The largest absolute Gasteiger partial charge is 0.482 e. The molecule has 2 rings (SSSR count). The number of Topliss-reactive ketones (excluding diaryl/α,β-unsaturated/α-hetero) is 1. The van der Waals surface area contributed by atoms with Gasteiger partial charge in [-0.3, -0.25) is 4.79 Å². The van der Waals surface area contributed by atoms with Gasteiger partial charge in [-0.1, -0.05) is 13.8 Å². The van der Waals surface area contributed by atoms with Crippen LogP contribution >= 0.6 is 0 Å². The van der Waals surface area contributed by atoms with Gasteiger partial charge in [0, 0.05) is 12.8 Å². The minimum atomic E-state index is -0.614. The minimum absolute atomic E-state index is 0.196. The molecule has 1 aliphatic carbocycles. The third-order valence-electron chi connectivity index (χ3n) is 3.65. The molecule has 0 aromatic heterocycles. The first-order chi connectivity index (χ1) is 8.77. The summed E-state index contributed by atoms with van der Waals surface area (Å²) < 4.78 is 10.7. The number of carbonyl (C=O) groups excluding carboxylic acids is 2. The van der Waals surface area contributed by atoms with Crippen LogP contribution in [0, 0.1) is 5.41 Å². The molecule has 0 N–H and O–H groups in total. The molecule has 0 amide bonds. The van der Waals surface area contributed by atoms with Crippen LogP contribution in [0.25, 0.3) is 0 Å². The van der Waals surface area contributed by atoms with Crippen molar-refractivity contribution in [2.75, 3.05) is 6.61 Å². The van der Waals surface area contributed by atoms with E-state index in [0.717, 1.165) is 5.57 Å². The Morgan fingerprint density at radius 3 is 2.74 bits per heavy atom. The van der Waals surface area contributed by atoms with E-state index in [0.29, 0.717) is 25.2 Å². The fourth-order valence-electron chi connectivity index (χ4n) is 3.08. The second kappa shape index (κ2) is 4.51. The first-order valence-corrected chi connectivity index (χ1v) is 6.59. The topological polar surface area (TPSA) is 52.6 Å². The lowest BCUT2D eigenvalue weighted by molar-refractivity contribution is -0.137. The maximum atomic E-state index is 11.8. The number of rotatable bonds is 2. The number of allylic oxidation sites excluding steroid dienone is 1.